The Morgan fingerprint density at radius 3 is 1.29 bits per heavy atom. The second kappa shape index (κ2) is 8.95. The molecule has 0 aliphatic carbocycles. The van der Waals surface area contributed by atoms with Gasteiger partial charge in [0.2, 0.25) is 23.9 Å². The number of carbonyl (C=O) groups is 6. The van der Waals surface area contributed by atoms with E-state index in [1.165, 1.54) is 41.5 Å². The van der Waals surface area contributed by atoms with Crippen LogP contribution in [-0.4, -0.2) is 91.2 Å². The molecule has 2 aliphatic rings. The molecule has 0 bridgehead atoms. The summed E-state index contributed by atoms with van der Waals surface area (Å²) in [5.74, 6) is -5.18. The van der Waals surface area contributed by atoms with E-state index in [-0.39, 0.29) is 9.80 Å². The van der Waals surface area contributed by atoms with E-state index in [1.54, 1.807) is 0 Å². The third-order valence-corrected chi connectivity index (χ3v) is 3.65. The maximum absolute atomic E-state index is 12.6. The monoisotopic (exact) mass is 482 g/mol. The molecule has 0 aromatic heterocycles. The van der Waals surface area contributed by atoms with Crippen LogP contribution in [0, 0.1) is 0 Å². The van der Waals surface area contributed by atoms with Crippen LogP contribution in [0.15, 0.2) is 20.2 Å². The van der Waals surface area contributed by atoms with Crippen LogP contribution in [0.3, 0.4) is 0 Å². The van der Waals surface area contributed by atoms with Crippen LogP contribution in [0.4, 0.5) is 19.2 Å². The first kappa shape index (κ1) is 26.0. The number of amides is 8. The minimum atomic E-state index is -2.08. The Labute approximate surface area is 191 Å². The van der Waals surface area contributed by atoms with Gasteiger partial charge in [0, 0.05) is 0 Å². The first-order valence-electron chi connectivity index (χ1n) is 9.60. The molecule has 8 amide bonds. The van der Waals surface area contributed by atoms with Gasteiger partial charge in [-0.25, -0.2) is 19.2 Å². The fourth-order valence-electron chi connectivity index (χ4n) is 2.36. The smallest absolute Gasteiger partial charge is 0.425 e. The van der Waals surface area contributed by atoms with Crippen LogP contribution in [0.25, 0.3) is 0 Å². The predicted molar refractivity (Wildman–Crippen MR) is 110 cm³/mol. The summed E-state index contributed by atoms with van der Waals surface area (Å²) >= 11 is 0. The lowest BCUT2D eigenvalue weighted by molar-refractivity contribution is -0.129. The molecule has 2 heterocycles. The summed E-state index contributed by atoms with van der Waals surface area (Å²) in [6.45, 7) is 8.81. The van der Waals surface area contributed by atoms with E-state index in [9.17, 15) is 39.0 Å². The molecule has 0 fully saturated rings. The molecule has 0 radical (unpaired) electrons. The van der Waals surface area contributed by atoms with Gasteiger partial charge >= 0.3 is 24.2 Å². The first-order chi connectivity index (χ1) is 15.4. The van der Waals surface area contributed by atoms with Gasteiger partial charge in [-0.2, -0.15) is 30.0 Å². The van der Waals surface area contributed by atoms with Crippen molar-refractivity contribution in [2.24, 2.45) is 20.2 Å². The van der Waals surface area contributed by atoms with Gasteiger partial charge in [0.1, 0.15) is 11.2 Å². The number of aliphatic hydroxyl groups is 2. The molecule has 0 saturated carbocycles. The summed E-state index contributed by atoms with van der Waals surface area (Å²) in [5.41, 5.74) is -2.18. The van der Waals surface area contributed by atoms with Crippen molar-refractivity contribution in [2.45, 2.75) is 64.8 Å². The van der Waals surface area contributed by atoms with Crippen LogP contribution < -0.4 is 0 Å². The molecule has 184 valence electrons. The van der Waals surface area contributed by atoms with Crippen LogP contribution in [0.5, 0.6) is 0 Å². The number of hydrogen-bond donors (Lipinski definition) is 2. The Hall–Kier alpha value is -4.24. The quantitative estimate of drug-likeness (QED) is 0.544. The molecular weight excluding hydrogens is 460 g/mol. The minimum absolute atomic E-state index is 0.0399. The van der Waals surface area contributed by atoms with E-state index in [2.05, 4.69) is 20.2 Å². The summed E-state index contributed by atoms with van der Waals surface area (Å²) < 4.78 is 9.87. The molecule has 34 heavy (non-hydrogen) atoms. The summed E-state index contributed by atoms with van der Waals surface area (Å²) in [7, 11) is 0. The van der Waals surface area contributed by atoms with E-state index in [4.69, 9.17) is 9.47 Å². The van der Waals surface area contributed by atoms with Crippen molar-refractivity contribution in [2.75, 3.05) is 0 Å². The lowest BCUT2D eigenvalue weighted by atomic mass is 10.2. The topological polar surface area (TPSA) is 217 Å². The zero-order valence-electron chi connectivity index (χ0n) is 19.0. The van der Waals surface area contributed by atoms with Crippen molar-refractivity contribution in [3.63, 3.8) is 0 Å². The zero-order chi connectivity index (χ0) is 26.2. The van der Waals surface area contributed by atoms with Crippen LogP contribution >= 0.6 is 0 Å². The number of carbonyl (C=O) groups excluding carboxylic acids is 6. The highest BCUT2D eigenvalue weighted by Gasteiger charge is 2.46. The van der Waals surface area contributed by atoms with E-state index in [0.717, 1.165) is 0 Å². The second-order valence-electron chi connectivity index (χ2n) is 8.85. The molecule has 16 nitrogen and oxygen atoms in total. The van der Waals surface area contributed by atoms with Gasteiger partial charge < -0.3 is 19.7 Å². The Kier molecular flexibility index (Phi) is 6.85. The number of rotatable bonds is 2. The maximum Gasteiger partial charge on any atom is 0.425 e. The molecule has 0 aromatic rings. The maximum atomic E-state index is 12.6. The molecular formula is C18H22N6O10. The molecule has 2 unspecified atom stereocenters. The van der Waals surface area contributed by atoms with E-state index < -0.39 is 71.1 Å². The number of nitrogens with zero attached hydrogens (tertiary/aromatic N) is 6. The highest BCUT2D eigenvalue weighted by Crippen LogP contribution is 2.19. The van der Waals surface area contributed by atoms with Gasteiger partial charge in [-0.1, -0.05) is 0 Å². The average Bonchev–Trinajstić information content (AvgIpc) is 2.59. The van der Waals surface area contributed by atoms with Gasteiger partial charge in [-0.15, -0.1) is 0 Å². The van der Waals surface area contributed by atoms with E-state index in [1.807, 2.05) is 0 Å². The average molecular weight is 482 g/mol. The molecule has 0 aromatic carbocycles. The number of azo groups is 1. The second-order valence-corrected chi connectivity index (χ2v) is 8.85. The van der Waals surface area contributed by atoms with Crippen molar-refractivity contribution in [3.8, 4) is 0 Å². The van der Waals surface area contributed by atoms with E-state index >= 15 is 0 Å². The van der Waals surface area contributed by atoms with Crippen molar-refractivity contribution in [3.05, 3.63) is 0 Å². The fraction of sp³-hybridized carbons (Fsp3) is 0.556. The lowest BCUT2D eigenvalue weighted by Crippen LogP contribution is -2.54. The highest BCUT2D eigenvalue weighted by atomic mass is 16.6. The van der Waals surface area contributed by atoms with Gasteiger partial charge in [0.05, 0.1) is 0 Å². The minimum Gasteiger partial charge on any atom is -0.494 e. The summed E-state index contributed by atoms with van der Waals surface area (Å²) in [6, 6.07) is -7.08. The van der Waals surface area contributed by atoms with Crippen molar-refractivity contribution in [1.29, 1.82) is 0 Å². The number of aliphatic hydroxyl groups excluding tert-OH is 2. The van der Waals surface area contributed by atoms with Gasteiger partial charge in [-0.3, -0.25) is 9.59 Å². The molecule has 0 spiro atoms. The lowest BCUT2D eigenvalue weighted by Gasteiger charge is -2.28. The molecule has 0 saturated heterocycles. The normalized spacial score (nSPS) is 22.1. The Bertz CT molecular complexity index is 966. The van der Waals surface area contributed by atoms with E-state index in [0.29, 0.717) is 0 Å². The number of imide groups is 6. The number of hydrogen-bond acceptors (Lipinski definition) is 10. The van der Waals surface area contributed by atoms with Crippen molar-refractivity contribution >= 4 is 47.9 Å². The number of urea groups is 2. The van der Waals surface area contributed by atoms with Gasteiger partial charge in [0.15, 0.2) is 0 Å². The standard InChI is InChI=1S/C18H22N6O10/c1-17(2,3)33-15(31)23-11(27)7(9(25)19-13(23)29)21-22-8-10(26)20-14(30)24(12(8)28)16(32)34-18(4,5)6/h7-8H,1-6H3,(H,19,25,29)(H,20,26,30)/b22-21+. The fourth-order valence-corrected chi connectivity index (χ4v) is 2.36. The third-order valence-electron chi connectivity index (χ3n) is 3.65. The van der Waals surface area contributed by atoms with Crippen LogP contribution in [0.2, 0.25) is 0 Å². The Balaban J connectivity index is 2.33. The Morgan fingerprint density at radius 1 is 0.735 bits per heavy atom. The van der Waals surface area contributed by atoms with Crippen molar-refractivity contribution in [1.82, 2.24) is 9.80 Å². The summed E-state index contributed by atoms with van der Waals surface area (Å²) in [5, 5.41) is 26.5. The predicted octanol–water partition coefficient (Wildman–Crippen LogP) is 1.88. The van der Waals surface area contributed by atoms with Crippen molar-refractivity contribution < 1.29 is 48.5 Å². The summed E-state index contributed by atoms with van der Waals surface area (Å²) in [4.78, 5) is 79.6. The number of ether oxygens (including phenoxy) is 2. The molecule has 2 aliphatic heterocycles. The van der Waals surface area contributed by atoms with Crippen LogP contribution in [0.1, 0.15) is 41.5 Å². The zero-order valence-corrected chi connectivity index (χ0v) is 19.0. The van der Waals surface area contributed by atoms with Crippen LogP contribution in [-0.2, 0) is 19.1 Å². The molecule has 16 heteroatoms. The van der Waals surface area contributed by atoms with Gasteiger partial charge in [-0.05, 0) is 41.5 Å². The van der Waals surface area contributed by atoms with Gasteiger partial charge in [0.25, 0.3) is 11.8 Å². The first-order valence-corrected chi connectivity index (χ1v) is 9.60. The Morgan fingerprint density at radius 2 is 1.03 bits per heavy atom. The molecule has 2 rings (SSSR count). The number of aliphatic imine (C=N–C) groups is 2. The molecule has 2 N–H and O–H groups in total. The largest absolute Gasteiger partial charge is 0.494 e. The summed E-state index contributed by atoms with van der Waals surface area (Å²) in [6.07, 6.45) is -2.81. The SMILES string of the molecule is CC(C)(C)OC(=O)N1C(=O)N=C(O)C(/N=N/C2C(=O)N(C(=O)OC(C)(C)C)C(=O)N=C2O)C1=O. The third kappa shape index (κ3) is 5.76. The highest BCUT2D eigenvalue weighted by molar-refractivity contribution is 6.23. The molecule has 2 atom stereocenters.